The standard InChI is InChI=1S/C23H29N5O3S/c1-15-8-10-23(11-9-15)21(30)28(22(31)25-23)26-19(29)14-27-12-4-5-16(13-27)20-24-17-6-2-3-7-18(17)32-20/h2-3,6-7,15-16H,4-5,8-14H2,1H3,(H,25,31)(H,26,29)/t15?,16-,23?/m1/s1. The summed E-state index contributed by atoms with van der Waals surface area (Å²) in [5, 5.41) is 4.85. The van der Waals surface area contributed by atoms with Crippen LogP contribution < -0.4 is 10.7 Å². The number of carbonyl (C=O) groups is 3. The zero-order valence-corrected chi connectivity index (χ0v) is 19.1. The minimum atomic E-state index is -0.847. The number of urea groups is 1. The van der Waals surface area contributed by atoms with E-state index in [0.717, 1.165) is 54.3 Å². The number of imide groups is 1. The molecule has 4 amide bonds. The molecule has 1 aromatic heterocycles. The Hall–Kier alpha value is -2.52. The molecule has 2 aliphatic heterocycles. The normalized spacial score (nSPS) is 29.0. The molecular formula is C23H29N5O3S. The van der Waals surface area contributed by atoms with Crippen molar-refractivity contribution in [2.75, 3.05) is 19.6 Å². The highest BCUT2D eigenvalue weighted by Crippen LogP contribution is 2.36. The van der Waals surface area contributed by atoms with E-state index in [1.54, 1.807) is 11.3 Å². The van der Waals surface area contributed by atoms with Gasteiger partial charge in [-0.05, 0) is 63.1 Å². The molecule has 9 heteroatoms. The largest absolute Gasteiger partial charge is 0.344 e. The van der Waals surface area contributed by atoms with Gasteiger partial charge in [0.05, 0.1) is 21.8 Å². The summed E-state index contributed by atoms with van der Waals surface area (Å²) in [5.74, 6) is 0.183. The van der Waals surface area contributed by atoms with Crippen molar-refractivity contribution >= 4 is 39.4 Å². The highest BCUT2D eigenvalue weighted by molar-refractivity contribution is 7.18. The predicted molar refractivity (Wildman–Crippen MR) is 122 cm³/mol. The van der Waals surface area contributed by atoms with Gasteiger partial charge in [0.25, 0.3) is 11.8 Å². The average molecular weight is 456 g/mol. The van der Waals surface area contributed by atoms with Gasteiger partial charge in [-0.1, -0.05) is 19.1 Å². The second-order valence-corrected chi connectivity index (χ2v) is 10.5. The number of amides is 4. The van der Waals surface area contributed by atoms with E-state index in [0.29, 0.717) is 18.8 Å². The van der Waals surface area contributed by atoms with Crippen molar-refractivity contribution in [2.45, 2.75) is 56.9 Å². The first-order valence-electron chi connectivity index (χ1n) is 11.5. The molecule has 1 atom stereocenters. The van der Waals surface area contributed by atoms with E-state index < -0.39 is 11.6 Å². The number of rotatable bonds is 4. The molecule has 170 valence electrons. The Kier molecular flexibility index (Phi) is 5.63. The van der Waals surface area contributed by atoms with Gasteiger partial charge in [-0.15, -0.1) is 11.3 Å². The van der Waals surface area contributed by atoms with Gasteiger partial charge in [-0.25, -0.2) is 9.78 Å². The number of aromatic nitrogens is 1. The van der Waals surface area contributed by atoms with Crippen LogP contribution in [0.4, 0.5) is 4.79 Å². The number of thiazole rings is 1. The molecule has 2 saturated heterocycles. The van der Waals surface area contributed by atoms with Crippen molar-refractivity contribution in [1.82, 2.24) is 25.6 Å². The number of benzene rings is 1. The van der Waals surface area contributed by atoms with Gasteiger partial charge in [-0.2, -0.15) is 5.01 Å². The summed E-state index contributed by atoms with van der Waals surface area (Å²) in [4.78, 5) is 45.0. The molecule has 0 radical (unpaired) electrons. The highest BCUT2D eigenvalue weighted by atomic mass is 32.1. The first-order chi connectivity index (χ1) is 15.4. The minimum Gasteiger partial charge on any atom is -0.322 e. The van der Waals surface area contributed by atoms with Gasteiger partial charge in [0.1, 0.15) is 5.54 Å². The van der Waals surface area contributed by atoms with Crippen LogP contribution in [0.25, 0.3) is 10.2 Å². The Bertz CT molecular complexity index is 1010. The molecule has 8 nitrogen and oxygen atoms in total. The third-order valence-corrected chi connectivity index (χ3v) is 8.26. The number of hydrazine groups is 1. The van der Waals surface area contributed by atoms with Crippen LogP contribution in [0.1, 0.15) is 56.4 Å². The van der Waals surface area contributed by atoms with Crippen LogP contribution in [-0.4, -0.2) is 57.9 Å². The van der Waals surface area contributed by atoms with Crippen LogP contribution in [-0.2, 0) is 9.59 Å². The smallest absolute Gasteiger partial charge is 0.322 e. The highest BCUT2D eigenvalue weighted by Gasteiger charge is 2.52. The van der Waals surface area contributed by atoms with Crippen molar-refractivity contribution in [1.29, 1.82) is 0 Å². The van der Waals surface area contributed by atoms with Gasteiger partial charge in [0.15, 0.2) is 0 Å². The maximum atomic E-state index is 13.0. The van der Waals surface area contributed by atoms with E-state index in [9.17, 15) is 14.4 Å². The maximum Gasteiger partial charge on any atom is 0.344 e. The van der Waals surface area contributed by atoms with E-state index in [1.807, 2.05) is 18.2 Å². The van der Waals surface area contributed by atoms with Crippen LogP contribution in [0, 0.1) is 5.92 Å². The van der Waals surface area contributed by atoms with Crippen LogP contribution in [0.3, 0.4) is 0 Å². The van der Waals surface area contributed by atoms with Crippen molar-refractivity contribution in [3.63, 3.8) is 0 Å². The van der Waals surface area contributed by atoms with Crippen molar-refractivity contribution in [3.8, 4) is 0 Å². The van der Waals surface area contributed by atoms with Crippen LogP contribution >= 0.6 is 11.3 Å². The fourth-order valence-corrected chi connectivity index (χ4v) is 6.24. The summed E-state index contributed by atoms with van der Waals surface area (Å²) >= 11 is 1.72. The quantitative estimate of drug-likeness (QED) is 0.691. The number of likely N-dealkylation sites (tertiary alicyclic amines) is 1. The lowest BCUT2D eigenvalue weighted by molar-refractivity contribution is -0.140. The molecule has 0 unspecified atom stereocenters. The third-order valence-electron chi connectivity index (χ3n) is 7.06. The molecule has 2 aromatic rings. The van der Waals surface area contributed by atoms with Crippen molar-refractivity contribution < 1.29 is 14.4 Å². The molecule has 3 heterocycles. The number of piperidine rings is 1. The number of nitrogens with one attached hydrogen (secondary N) is 2. The Labute approximate surface area is 191 Å². The first-order valence-corrected chi connectivity index (χ1v) is 12.3. The van der Waals surface area contributed by atoms with Crippen molar-refractivity contribution in [2.24, 2.45) is 5.92 Å². The van der Waals surface area contributed by atoms with Crippen molar-refractivity contribution in [3.05, 3.63) is 29.3 Å². The summed E-state index contributed by atoms with van der Waals surface area (Å²) in [6.45, 7) is 3.88. The molecule has 5 rings (SSSR count). The second kappa shape index (κ2) is 8.44. The molecule has 0 bridgehead atoms. The SMILES string of the molecule is CC1CCC2(CC1)NC(=O)N(NC(=O)CN1CCC[C@@H](c3nc4ccccc4s3)C1)C2=O. The lowest BCUT2D eigenvalue weighted by atomic mass is 9.77. The molecular weight excluding hydrogens is 426 g/mol. The van der Waals surface area contributed by atoms with Gasteiger partial charge in [-0.3, -0.25) is 19.9 Å². The molecule has 32 heavy (non-hydrogen) atoms. The van der Waals surface area contributed by atoms with E-state index in [-0.39, 0.29) is 24.3 Å². The minimum absolute atomic E-state index is 0.155. The Balaban J connectivity index is 1.19. The molecule has 3 aliphatic rings. The van der Waals surface area contributed by atoms with Gasteiger partial charge in [0, 0.05) is 12.5 Å². The summed E-state index contributed by atoms with van der Waals surface area (Å²) in [6, 6.07) is 7.61. The number of nitrogens with zero attached hydrogens (tertiary/aromatic N) is 3. The molecule has 1 saturated carbocycles. The molecule has 1 aromatic carbocycles. The molecule has 3 fully saturated rings. The Morgan fingerprint density at radius 3 is 2.81 bits per heavy atom. The molecule has 2 N–H and O–H groups in total. The number of fused-ring (bicyclic) bond motifs is 1. The van der Waals surface area contributed by atoms with Crippen LogP contribution in [0.2, 0.25) is 0 Å². The third kappa shape index (κ3) is 3.99. The number of carbonyl (C=O) groups excluding carboxylic acids is 3. The van der Waals surface area contributed by atoms with Gasteiger partial charge >= 0.3 is 6.03 Å². The van der Waals surface area contributed by atoms with E-state index in [1.165, 1.54) is 4.70 Å². The van der Waals surface area contributed by atoms with E-state index in [2.05, 4.69) is 28.6 Å². The summed E-state index contributed by atoms with van der Waals surface area (Å²) in [5.41, 5.74) is 2.74. The van der Waals surface area contributed by atoms with Crippen LogP contribution in [0.5, 0.6) is 0 Å². The zero-order chi connectivity index (χ0) is 22.3. The second-order valence-electron chi connectivity index (χ2n) is 9.46. The lowest BCUT2D eigenvalue weighted by Gasteiger charge is -2.33. The maximum absolute atomic E-state index is 13.0. The summed E-state index contributed by atoms with van der Waals surface area (Å²) < 4.78 is 1.18. The zero-order valence-electron chi connectivity index (χ0n) is 18.3. The average Bonchev–Trinajstić information content (AvgIpc) is 3.31. The summed E-state index contributed by atoms with van der Waals surface area (Å²) in [7, 11) is 0. The fraction of sp³-hybridized carbons (Fsp3) is 0.565. The topological polar surface area (TPSA) is 94.6 Å². The first kappa shape index (κ1) is 21.3. The lowest BCUT2D eigenvalue weighted by Crippen LogP contribution is -2.53. The molecule has 1 spiro atoms. The Morgan fingerprint density at radius 1 is 1.25 bits per heavy atom. The van der Waals surface area contributed by atoms with Crippen LogP contribution in [0.15, 0.2) is 24.3 Å². The number of hydrogen-bond acceptors (Lipinski definition) is 6. The monoisotopic (exact) mass is 455 g/mol. The fourth-order valence-electron chi connectivity index (χ4n) is 5.14. The van der Waals surface area contributed by atoms with E-state index in [4.69, 9.17) is 4.98 Å². The number of hydrogen-bond donors (Lipinski definition) is 2. The Morgan fingerprint density at radius 2 is 2.03 bits per heavy atom. The van der Waals surface area contributed by atoms with E-state index >= 15 is 0 Å². The van der Waals surface area contributed by atoms with Gasteiger partial charge < -0.3 is 5.32 Å². The summed E-state index contributed by atoms with van der Waals surface area (Å²) in [6.07, 6.45) is 5.08. The number of para-hydroxylation sites is 1. The van der Waals surface area contributed by atoms with Gasteiger partial charge in [0.2, 0.25) is 0 Å². The predicted octanol–water partition coefficient (Wildman–Crippen LogP) is 3.01. The molecule has 1 aliphatic carbocycles.